The molecule has 25 heavy (non-hydrogen) atoms. The average Bonchev–Trinajstić information content (AvgIpc) is 2.61. The van der Waals surface area contributed by atoms with E-state index in [1.165, 1.54) is 10.4 Å². The van der Waals surface area contributed by atoms with Crippen LogP contribution >= 0.6 is 11.6 Å². The maximum atomic E-state index is 13.2. The first-order chi connectivity index (χ1) is 11.8. The molecule has 0 aliphatic carbocycles. The van der Waals surface area contributed by atoms with E-state index in [2.05, 4.69) is 5.32 Å². The quantitative estimate of drug-likeness (QED) is 0.811. The first kappa shape index (κ1) is 20.1. The van der Waals surface area contributed by atoms with Crippen molar-refractivity contribution in [2.45, 2.75) is 50.5 Å². The summed E-state index contributed by atoms with van der Waals surface area (Å²) in [5, 5.41) is 2.80. The molecule has 1 heterocycles. The van der Waals surface area contributed by atoms with Crippen LogP contribution in [-0.2, 0) is 14.8 Å². The topological polar surface area (TPSA) is 66.5 Å². The van der Waals surface area contributed by atoms with Crippen LogP contribution in [0.5, 0.6) is 0 Å². The van der Waals surface area contributed by atoms with Crippen LogP contribution in [0.15, 0.2) is 23.1 Å². The number of benzene rings is 1. The van der Waals surface area contributed by atoms with Crippen LogP contribution in [0.1, 0.15) is 39.5 Å². The fourth-order valence-electron chi connectivity index (χ4n) is 2.96. The Morgan fingerprint density at radius 2 is 1.92 bits per heavy atom. The van der Waals surface area contributed by atoms with Crippen molar-refractivity contribution < 1.29 is 17.6 Å². The second-order valence-corrected chi connectivity index (χ2v) is 8.62. The number of rotatable bonds is 6. The normalized spacial score (nSPS) is 17.0. The molecule has 8 heteroatoms. The summed E-state index contributed by atoms with van der Waals surface area (Å²) in [6, 6.07) is 3.54. The third-order valence-electron chi connectivity index (χ3n) is 4.69. The van der Waals surface area contributed by atoms with E-state index in [-0.39, 0.29) is 40.9 Å². The summed E-state index contributed by atoms with van der Waals surface area (Å²) in [6.07, 6.45) is 2.70. The van der Waals surface area contributed by atoms with Gasteiger partial charge in [0.1, 0.15) is 5.82 Å². The number of halogens is 2. The van der Waals surface area contributed by atoms with Gasteiger partial charge in [0.05, 0.1) is 9.92 Å². The zero-order valence-corrected chi connectivity index (χ0v) is 16.0. The van der Waals surface area contributed by atoms with Crippen molar-refractivity contribution in [2.24, 2.45) is 5.92 Å². The number of carbonyl (C=O) groups excluding carboxylic acids is 1. The number of nitrogens with zero attached hydrogens (tertiary/aromatic N) is 1. The number of piperidine rings is 1. The first-order valence-corrected chi connectivity index (χ1v) is 10.4. The van der Waals surface area contributed by atoms with E-state index in [4.69, 9.17) is 11.6 Å². The van der Waals surface area contributed by atoms with Crippen LogP contribution in [0.3, 0.4) is 0 Å². The molecule has 1 aliphatic rings. The lowest BCUT2D eigenvalue weighted by molar-refractivity contribution is -0.126. The number of carbonyl (C=O) groups is 1. The molecule has 1 N–H and O–H groups in total. The Kier molecular flexibility index (Phi) is 6.82. The molecule has 0 atom stereocenters. The van der Waals surface area contributed by atoms with Crippen LogP contribution < -0.4 is 5.32 Å². The van der Waals surface area contributed by atoms with Gasteiger partial charge < -0.3 is 5.32 Å². The summed E-state index contributed by atoms with van der Waals surface area (Å²) < 4.78 is 39.9. The Balaban J connectivity index is 2.01. The summed E-state index contributed by atoms with van der Waals surface area (Å²) in [5.74, 6) is -0.836. The van der Waals surface area contributed by atoms with Crippen LogP contribution in [-0.4, -0.2) is 37.8 Å². The van der Waals surface area contributed by atoms with Gasteiger partial charge in [0.2, 0.25) is 15.9 Å². The molecule has 0 radical (unpaired) electrons. The number of hydrogen-bond donors (Lipinski definition) is 1. The van der Waals surface area contributed by atoms with Crippen molar-refractivity contribution in [2.75, 3.05) is 13.1 Å². The van der Waals surface area contributed by atoms with Gasteiger partial charge >= 0.3 is 0 Å². The number of nitrogens with one attached hydrogen (secondary N) is 1. The molecule has 1 aliphatic heterocycles. The minimum Gasteiger partial charge on any atom is -0.353 e. The Morgan fingerprint density at radius 1 is 1.32 bits per heavy atom. The predicted octanol–water partition coefficient (Wildman–Crippen LogP) is 3.18. The van der Waals surface area contributed by atoms with E-state index in [0.717, 1.165) is 25.0 Å². The van der Waals surface area contributed by atoms with Crippen molar-refractivity contribution in [3.05, 3.63) is 29.0 Å². The highest BCUT2D eigenvalue weighted by Gasteiger charge is 2.32. The Labute approximate surface area is 153 Å². The molecule has 1 aromatic carbocycles. The third-order valence-corrected chi connectivity index (χ3v) is 6.87. The van der Waals surface area contributed by atoms with E-state index < -0.39 is 15.8 Å². The maximum Gasteiger partial charge on any atom is 0.243 e. The van der Waals surface area contributed by atoms with Gasteiger partial charge in [-0.2, -0.15) is 4.31 Å². The van der Waals surface area contributed by atoms with Crippen LogP contribution in [0.4, 0.5) is 4.39 Å². The summed E-state index contributed by atoms with van der Waals surface area (Å²) >= 11 is 5.69. The van der Waals surface area contributed by atoms with Crippen molar-refractivity contribution in [1.82, 2.24) is 9.62 Å². The molecular weight excluding hydrogens is 367 g/mol. The second-order valence-electron chi connectivity index (χ2n) is 6.28. The summed E-state index contributed by atoms with van der Waals surface area (Å²) in [4.78, 5) is 12.3. The molecule has 2 rings (SSSR count). The van der Waals surface area contributed by atoms with E-state index >= 15 is 0 Å². The molecule has 1 saturated heterocycles. The highest BCUT2D eigenvalue weighted by Crippen LogP contribution is 2.26. The monoisotopic (exact) mass is 390 g/mol. The van der Waals surface area contributed by atoms with Gasteiger partial charge in [-0.15, -0.1) is 0 Å². The molecule has 0 spiro atoms. The fraction of sp³-hybridized carbons (Fsp3) is 0.588. The molecule has 1 fully saturated rings. The molecular formula is C17H24ClFN2O3S. The number of amides is 1. The summed E-state index contributed by atoms with van der Waals surface area (Å²) in [5.41, 5.74) is 0. The molecule has 0 bridgehead atoms. The molecule has 1 aromatic rings. The molecule has 1 amide bonds. The lowest BCUT2D eigenvalue weighted by Crippen LogP contribution is -2.45. The highest BCUT2D eigenvalue weighted by molar-refractivity contribution is 7.89. The average molecular weight is 391 g/mol. The van der Waals surface area contributed by atoms with Crippen molar-refractivity contribution >= 4 is 27.5 Å². The van der Waals surface area contributed by atoms with Gasteiger partial charge in [-0.1, -0.05) is 25.4 Å². The number of hydrogen-bond acceptors (Lipinski definition) is 3. The number of sulfonamides is 1. The third kappa shape index (κ3) is 4.71. The van der Waals surface area contributed by atoms with Gasteiger partial charge in [-0.05, 0) is 43.9 Å². The second kappa shape index (κ2) is 8.47. The summed E-state index contributed by atoms with van der Waals surface area (Å²) in [6.45, 7) is 4.57. The Hall–Kier alpha value is -1.18. The molecule has 5 nitrogen and oxygen atoms in total. The molecule has 140 valence electrons. The first-order valence-electron chi connectivity index (χ1n) is 8.55. The van der Waals surface area contributed by atoms with Crippen LogP contribution in [0.25, 0.3) is 0 Å². The van der Waals surface area contributed by atoms with Gasteiger partial charge in [-0.3, -0.25) is 4.79 Å². The molecule has 0 aromatic heterocycles. The largest absolute Gasteiger partial charge is 0.353 e. The Morgan fingerprint density at radius 3 is 2.44 bits per heavy atom. The van der Waals surface area contributed by atoms with Crippen LogP contribution in [0.2, 0.25) is 5.02 Å². The van der Waals surface area contributed by atoms with Gasteiger partial charge in [-0.25, -0.2) is 12.8 Å². The standard InChI is InChI=1S/C17H24ClFN2O3S/c1-3-13(4-2)20-17(22)12-7-9-21(10-8-12)25(23,24)14-5-6-16(19)15(18)11-14/h5-6,11-13H,3-4,7-10H2,1-2H3,(H,20,22). The highest BCUT2D eigenvalue weighted by atomic mass is 35.5. The maximum absolute atomic E-state index is 13.2. The zero-order chi connectivity index (χ0) is 18.6. The van der Waals surface area contributed by atoms with Crippen molar-refractivity contribution in [1.29, 1.82) is 0 Å². The predicted molar refractivity (Wildman–Crippen MR) is 95.4 cm³/mol. The molecule has 0 unspecified atom stereocenters. The lowest BCUT2D eigenvalue weighted by Gasteiger charge is -2.31. The van der Waals surface area contributed by atoms with Gasteiger partial charge in [0.25, 0.3) is 0 Å². The lowest BCUT2D eigenvalue weighted by atomic mass is 9.96. The van der Waals surface area contributed by atoms with Gasteiger partial charge in [0, 0.05) is 25.0 Å². The smallest absolute Gasteiger partial charge is 0.243 e. The van der Waals surface area contributed by atoms with Crippen LogP contribution in [0, 0.1) is 11.7 Å². The Bertz CT molecular complexity index is 715. The fourth-order valence-corrected chi connectivity index (χ4v) is 4.70. The van der Waals surface area contributed by atoms with E-state index in [9.17, 15) is 17.6 Å². The minimum atomic E-state index is -3.73. The minimum absolute atomic E-state index is 0.00410. The van der Waals surface area contributed by atoms with Gasteiger partial charge in [0.15, 0.2) is 0 Å². The van der Waals surface area contributed by atoms with E-state index in [0.29, 0.717) is 12.8 Å². The zero-order valence-electron chi connectivity index (χ0n) is 14.5. The SMILES string of the molecule is CCC(CC)NC(=O)C1CCN(S(=O)(=O)c2ccc(F)c(Cl)c2)CC1. The summed E-state index contributed by atoms with van der Waals surface area (Å²) in [7, 11) is -3.73. The van der Waals surface area contributed by atoms with Crippen molar-refractivity contribution in [3.63, 3.8) is 0 Å². The van der Waals surface area contributed by atoms with Crippen molar-refractivity contribution in [3.8, 4) is 0 Å². The van der Waals surface area contributed by atoms with E-state index in [1.807, 2.05) is 13.8 Å². The van der Waals surface area contributed by atoms with E-state index in [1.54, 1.807) is 0 Å². The molecule has 0 saturated carbocycles.